The molecule has 2 N–H and O–H groups in total. The Morgan fingerprint density at radius 1 is 1.24 bits per heavy atom. The van der Waals surface area contributed by atoms with Gasteiger partial charge in [-0.2, -0.15) is 0 Å². The first-order valence-electron chi connectivity index (χ1n) is 6.51. The summed E-state index contributed by atoms with van der Waals surface area (Å²) in [6.45, 7) is 2.03. The maximum absolute atomic E-state index is 13.8. The third kappa shape index (κ3) is 3.95. The number of benzene rings is 2. The van der Waals surface area contributed by atoms with Gasteiger partial charge in [0, 0.05) is 27.7 Å². The van der Waals surface area contributed by atoms with Gasteiger partial charge in [0.25, 0.3) is 0 Å². The molecule has 3 nitrogen and oxygen atoms in total. The van der Waals surface area contributed by atoms with Crippen molar-refractivity contribution >= 4 is 15.9 Å². The maximum Gasteiger partial charge on any atom is 0.131 e. The lowest BCUT2D eigenvalue weighted by atomic mass is 10.1. The van der Waals surface area contributed by atoms with E-state index in [1.54, 1.807) is 26.2 Å². The molecular weight excluding hydrogens is 337 g/mol. The van der Waals surface area contributed by atoms with Gasteiger partial charge in [-0.05, 0) is 31.2 Å². The molecule has 1 unspecified atom stereocenters. The third-order valence-corrected chi connectivity index (χ3v) is 3.59. The highest BCUT2D eigenvalue weighted by Crippen LogP contribution is 2.26. The van der Waals surface area contributed by atoms with Crippen molar-refractivity contribution in [3.8, 4) is 11.5 Å². The molecule has 112 valence electrons. The first-order chi connectivity index (χ1) is 10.0. The van der Waals surface area contributed by atoms with Crippen molar-refractivity contribution in [2.45, 2.75) is 19.6 Å². The molecule has 0 aliphatic carbocycles. The zero-order valence-corrected chi connectivity index (χ0v) is 13.5. The average Bonchev–Trinajstić information content (AvgIpc) is 2.45. The molecule has 0 aliphatic heterocycles. The summed E-state index contributed by atoms with van der Waals surface area (Å²) < 4.78 is 25.7. The molecule has 0 saturated carbocycles. The van der Waals surface area contributed by atoms with Crippen LogP contribution < -0.4 is 15.2 Å². The minimum atomic E-state index is -0.358. The van der Waals surface area contributed by atoms with E-state index in [0.717, 1.165) is 15.8 Å². The van der Waals surface area contributed by atoms with E-state index in [4.69, 9.17) is 15.2 Å². The quantitative estimate of drug-likeness (QED) is 0.876. The van der Waals surface area contributed by atoms with Crippen LogP contribution in [-0.2, 0) is 6.61 Å². The molecule has 0 aliphatic rings. The summed E-state index contributed by atoms with van der Waals surface area (Å²) in [5.74, 6) is 0.827. The highest BCUT2D eigenvalue weighted by atomic mass is 79.9. The Morgan fingerprint density at radius 2 is 2.00 bits per heavy atom. The van der Waals surface area contributed by atoms with Crippen LogP contribution in [0.25, 0.3) is 0 Å². The van der Waals surface area contributed by atoms with Crippen molar-refractivity contribution < 1.29 is 13.9 Å². The zero-order valence-electron chi connectivity index (χ0n) is 11.9. The van der Waals surface area contributed by atoms with Crippen LogP contribution in [0.5, 0.6) is 11.5 Å². The van der Waals surface area contributed by atoms with E-state index in [0.29, 0.717) is 17.9 Å². The summed E-state index contributed by atoms with van der Waals surface area (Å²) in [7, 11) is 1.60. The van der Waals surface area contributed by atoms with Gasteiger partial charge in [0.1, 0.15) is 23.9 Å². The predicted molar refractivity (Wildman–Crippen MR) is 84.0 cm³/mol. The van der Waals surface area contributed by atoms with E-state index in [1.165, 1.54) is 6.07 Å². The van der Waals surface area contributed by atoms with Crippen LogP contribution in [0, 0.1) is 5.82 Å². The molecular formula is C16H17BrFNO2. The highest BCUT2D eigenvalue weighted by molar-refractivity contribution is 9.10. The Hall–Kier alpha value is -1.59. The van der Waals surface area contributed by atoms with E-state index < -0.39 is 0 Å². The average molecular weight is 354 g/mol. The fraction of sp³-hybridized carbons (Fsp3) is 0.250. The second kappa shape index (κ2) is 6.91. The minimum Gasteiger partial charge on any atom is -0.496 e. The zero-order chi connectivity index (χ0) is 15.4. The number of ether oxygens (including phenoxy) is 2. The van der Waals surface area contributed by atoms with Gasteiger partial charge in [-0.15, -0.1) is 0 Å². The maximum atomic E-state index is 13.8. The van der Waals surface area contributed by atoms with Crippen molar-refractivity contribution in [1.29, 1.82) is 0 Å². The second-order valence-electron chi connectivity index (χ2n) is 4.72. The lowest BCUT2D eigenvalue weighted by molar-refractivity contribution is 0.295. The van der Waals surface area contributed by atoms with E-state index in [1.807, 2.05) is 18.2 Å². The van der Waals surface area contributed by atoms with E-state index in [2.05, 4.69) is 15.9 Å². The molecule has 0 saturated heterocycles. The van der Waals surface area contributed by atoms with E-state index >= 15 is 0 Å². The van der Waals surface area contributed by atoms with Crippen LogP contribution in [0.3, 0.4) is 0 Å². The minimum absolute atomic E-state index is 0.291. The lowest BCUT2D eigenvalue weighted by Gasteiger charge is -2.12. The predicted octanol–water partition coefficient (Wildman–Crippen LogP) is 4.20. The van der Waals surface area contributed by atoms with E-state index in [-0.39, 0.29) is 11.9 Å². The molecule has 2 rings (SSSR count). The van der Waals surface area contributed by atoms with Crippen LogP contribution in [0.15, 0.2) is 40.9 Å². The van der Waals surface area contributed by atoms with Crippen molar-refractivity contribution in [2.75, 3.05) is 7.11 Å². The Morgan fingerprint density at radius 3 is 2.62 bits per heavy atom. The van der Waals surface area contributed by atoms with Crippen LogP contribution >= 0.6 is 15.9 Å². The van der Waals surface area contributed by atoms with Crippen molar-refractivity contribution in [1.82, 2.24) is 0 Å². The molecule has 0 heterocycles. The van der Waals surface area contributed by atoms with Gasteiger partial charge in [0.2, 0.25) is 0 Å². The van der Waals surface area contributed by atoms with Gasteiger partial charge in [0.05, 0.1) is 7.11 Å². The lowest BCUT2D eigenvalue weighted by Crippen LogP contribution is -2.07. The summed E-state index contributed by atoms with van der Waals surface area (Å²) in [5.41, 5.74) is 7.03. The topological polar surface area (TPSA) is 44.5 Å². The Bertz CT molecular complexity index is 632. The largest absolute Gasteiger partial charge is 0.496 e. The normalized spacial score (nSPS) is 12.0. The van der Waals surface area contributed by atoms with Crippen LogP contribution in [0.2, 0.25) is 0 Å². The molecule has 5 heteroatoms. The van der Waals surface area contributed by atoms with Gasteiger partial charge in [-0.25, -0.2) is 4.39 Å². The summed E-state index contributed by atoms with van der Waals surface area (Å²) >= 11 is 3.40. The van der Waals surface area contributed by atoms with Gasteiger partial charge in [-0.1, -0.05) is 22.0 Å². The van der Waals surface area contributed by atoms with Crippen molar-refractivity contribution in [3.05, 3.63) is 57.8 Å². The first kappa shape index (κ1) is 15.8. The number of halogens is 2. The number of rotatable bonds is 5. The highest BCUT2D eigenvalue weighted by Gasteiger charge is 2.09. The standard InChI is InChI=1S/C16H17BrFNO2/c1-10(19)14-5-4-13(8-15(14)18)21-9-11-7-12(17)3-6-16(11)20-2/h3-8,10H,9,19H2,1-2H3. The number of methoxy groups -OCH3 is 1. The molecule has 0 spiro atoms. The van der Waals surface area contributed by atoms with Gasteiger partial charge >= 0.3 is 0 Å². The summed E-state index contributed by atoms with van der Waals surface area (Å²) in [5, 5.41) is 0. The van der Waals surface area contributed by atoms with Crippen molar-refractivity contribution in [2.24, 2.45) is 5.73 Å². The number of hydrogen-bond donors (Lipinski definition) is 1. The molecule has 1 atom stereocenters. The number of hydrogen-bond acceptors (Lipinski definition) is 3. The fourth-order valence-electron chi connectivity index (χ4n) is 1.99. The molecule has 0 aromatic heterocycles. The van der Waals surface area contributed by atoms with Crippen LogP contribution in [0.1, 0.15) is 24.1 Å². The van der Waals surface area contributed by atoms with Crippen LogP contribution in [-0.4, -0.2) is 7.11 Å². The monoisotopic (exact) mass is 353 g/mol. The Balaban J connectivity index is 2.13. The van der Waals surface area contributed by atoms with E-state index in [9.17, 15) is 4.39 Å². The molecule has 21 heavy (non-hydrogen) atoms. The number of nitrogens with two attached hydrogens (primary N) is 1. The SMILES string of the molecule is COc1ccc(Br)cc1COc1ccc(C(C)N)c(F)c1. The third-order valence-electron chi connectivity index (χ3n) is 3.10. The van der Waals surface area contributed by atoms with Gasteiger partial charge in [-0.3, -0.25) is 0 Å². The smallest absolute Gasteiger partial charge is 0.131 e. The fourth-order valence-corrected chi connectivity index (χ4v) is 2.40. The summed E-state index contributed by atoms with van der Waals surface area (Å²) in [6, 6.07) is 10.0. The Labute approximate surface area is 132 Å². The van der Waals surface area contributed by atoms with Crippen molar-refractivity contribution in [3.63, 3.8) is 0 Å². The summed E-state index contributed by atoms with van der Waals surface area (Å²) in [6.07, 6.45) is 0. The molecule has 0 amide bonds. The van der Waals surface area contributed by atoms with Gasteiger partial charge in [0.15, 0.2) is 0 Å². The van der Waals surface area contributed by atoms with Gasteiger partial charge < -0.3 is 15.2 Å². The Kier molecular flexibility index (Phi) is 5.20. The molecule has 0 radical (unpaired) electrons. The summed E-state index contributed by atoms with van der Waals surface area (Å²) in [4.78, 5) is 0. The molecule has 2 aromatic rings. The van der Waals surface area contributed by atoms with Crippen LogP contribution in [0.4, 0.5) is 4.39 Å². The first-order valence-corrected chi connectivity index (χ1v) is 7.31. The molecule has 2 aromatic carbocycles. The molecule has 0 bridgehead atoms. The molecule has 0 fully saturated rings. The second-order valence-corrected chi connectivity index (χ2v) is 5.63.